The Hall–Kier alpha value is -6.03. The molecule has 11 rings (SSSR count). The number of hydrogen-bond acceptors (Lipinski definition) is 3. The van der Waals surface area contributed by atoms with Crippen LogP contribution in [0, 0.1) is 0 Å². The van der Waals surface area contributed by atoms with Gasteiger partial charge in [-0.25, -0.2) is 0 Å². The second-order valence-corrected chi connectivity index (χ2v) is 14.1. The molecule has 7 aromatic carbocycles. The van der Waals surface area contributed by atoms with E-state index in [4.69, 9.17) is 4.74 Å². The first-order valence-electron chi connectivity index (χ1n) is 16.7. The third-order valence-electron chi connectivity index (χ3n) is 10.6. The van der Waals surface area contributed by atoms with Crippen LogP contribution in [0.5, 0.6) is 11.5 Å². The van der Waals surface area contributed by atoms with Crippen molar-refractivity contribution in [1.29, 1.82) is 0 Å². The van der Waals surface area contributed by atoms with Gasteiger partial charge in [-0.2, -0.15) is 0 Å². The van der Waals surface area contributed by atoms with Crippen LogP contribution in [0.4, 0.5) is 0 Å². The highest BCUT2D eigenvalue weighted by atomic mass is 32.1. The molecule has 2 aliphatic rings. The Labute approximate surface area is 287 Å². The molecule has 0 N–H and O–H groups in total. The van der Waals surface area contributed by atoms with Crippen LogP contribution < -0.4 is 4.74 Å². The Bertz CT molecular complexity index is 2830. The lowest BCUT2D eigenvalue weighted by Gasteiger charge is -2.39. The Balaban J connectivity index is 1.16. The molecule has 0 saturated heterocycles. The molecular weight excluding hydrogens is 615 g/mol. The summed E-state index contributed by atoms with van der Waals surface area (Å²) in [5, 5.41) is 5.15. The normalized spacial score (nSPS) is 15.6. The van der Waals surface area contributed by atoms with Gasteiger partial charge in [0.2, 0.25) is 0 Å². The van der Waals surface area contributed by atoms with Crippen molar-refractivity contribution in [2.45, 2.75) is 5.41 Å². The van der Waals surface area contributed by atoms with Crippen molar-refractivity contribution < 1.29 is 4.74 Å². The largest absolute Gasteiger partial charge is 0.455 e. The number of hydrogen-bond donors (Lipinski definition) is 0. The molecule has 1 atom stereocenters. The fourth-order valence-electron chi connectivity index (χ4n) is 8.59. The van der Waals surface area contributed by atoms with Crippen molar-refractivity contribution in [2.24, 2.45) is 0 Å². The summed E-state index contributed by atoms with van der Waals surface area (Å²) in [7, 11) is 0. The Morgan fingerprint density at radius 1 is 0.490 bits per heavy atom. The molecule has 3 heterocycles. The minimum atomic E-state index is -0.557. The Morgan fingerprint density at radius 3 is 2.24 bits per heavy atom. The van der Waals surface area contributed by atoms with Gasteiger partial charge in [0, 0.05) is 37.5 Å². The number of ether oxygens (including phenoxy) is 1. The average Bonchev–Trinajstić information content (AvgIpc) is 3.69. The van der Waals surface area contributed by atoms with Gasteiger partial charge < -0.3 is 4.74 Å². The van der Waals surface area contributed by atoms with Gasteiger partial charge in [0.25, 0.3) is 0 Å². The highest BCUT2D eigenvalue weighted by Gasteiger charge is 2.51. The number of nitrogens with zero attached hydrogens (tertiary/aromatic N) is 1. The highest BCUT2D eigenvalue weighted by molar-refractivity contribution is 7.26. The summed E-state index contributed by atoms with van der Waals surface area (Å²) in [6.45, 7) is 0. The molecule has 3 heteroatoms. The smallest absolute Gasteiger partial charge is 0.150 e. The van der Waals surface area contributed by atoms with Crippen molar-refractivity contribution in [3.8, 4) is 44.9 Å². The Morgan fingerprint density at radius 2 is 1.27 bits per heavy atom. The molecule has 1 aliphatic carbocycles. The molecule has 2 aromatic heterocycles. The highest BCUT2D eigenvalue weighted by Crippen LogP contribution is 2.63. The van der Waals surface area contributed by atoms with E-state index in [1.807, 2.05) is 23.7 Å². The summed E-state index contributed by atoms with van der Waals surface area (Å²) in [6, 6.07) is 55.6. The third-order valence-corrected chi connectivity index (χ3v) is 11.9. The van der Waals surface area contributed by atoms with E-state index in [2.05, 4.69) is 157 Å². The van der Waals surface area contributed by atoms with Crippen molar-refractivity contribution in [3.05, 3.63) is 186 Å². The number of aromatic nitrogens is 1. The van der Waals surface area contributed by atoms with Crippen LogP contribution in [0.2, 0.25) is 0 Å². The monoisotopic (exact) mass is 641 g/mol. The fraction of sp³-hybridized carbons (Fsp3) is 0.0217. The number of benzene rings is 7. The summed E-state index contributed by atoms with van der Waals surface area (Å²) in [5.74, 6) is 1.67. The van der Waals surface area contributed by atoms with E-state index in [9.17, 15) is 0 Å². The molecule has 9 aromatic rings. The lowest BCUT2D eigenvalue weighted by Crippen LogP contribution is -2.32. The van der Waals surface area contributed by atoms with Crippen molar-refractivity contribution in [1.82, 2.24) is 4.98 Å². The predicted octanol–water partition coefficient (Wildman–Crippen LogP) is 12.4. The number of fused-ring (bicyclic) bond motifs is 14. The molecule has 1 unspecified atom stereocenters. The zero-order valence-corrected chi connectivity index (χ0v) is 27.2. The average molecular weight is 642 g/mol. The first-order chi connectivity index (χ1) is 24.3. The summed E-state index contributed by atoms with van der Waals surface area (Å²) < 4.78 is 9.33. The predicted molar refractivity (Wildman–Crippen MR) is 203 cm³/mol. The van der Waals surface area contributed by atoms with Crippen LogP contribution in [-0.4, -0.2) is 4.98 Å². The molecule has 0 bridgehead atoms. The first-order valence-corrected chi connectivity index (χ1v) is 17.5. The van der Waals surface area contributed by atoms with E-state index < -0.39 is 5.41 Å². The van der Waals surface area contributed by atoms with Gasteiger partial charge in [-0.3, -0.25) is 4.98 Å². The molecule has 228 valence electrons. The molecule has 0 fully saturated rings. The molecule has 0 radical (unpaired) electrons. The maximum absolute atomic E-state index is 6.68. The van der Waals surface area contributed by atoms with Crippen molar-refractivity contribution in [2.75, 3.05) is 0 Å². The van der Waals surface area contributed by atoms with Crippen LogP contribution in [0.1, 0.15) is 22.3 Å². The van der Waals surface area contributed by atoms with Crippen LogP contribution in [0.15, 0.2) is 164 Å². The van der Waals surface area contributed by atoms with Crippen LogP contribution in [-0.2, 0) is 5.41 Å². The molecule has 49 heavy (non-hydrogen) atoms. The number of rotatable bonds is 2. The standard InChI is InChI=1S/C46H27NOS/c1-2-12-32-28(9-1)19-21-39-44(32)36-14-3-5-17-37(36)46(39)38-23-24-47-27-42(38)48-41-22-20-30(26-40(41)46)29-10-7-11-31(25-29)33-15-8-16-35-34-13-4-6-18-43(34)49-45(33)35/h1-27H. The Kier molecular flexibility index (Phi) is 5.50. The molecule has 0 amide bonds. The van der Waals surface area contributed by atoms with E-state index in [1.165, 1.54) is 69.9 Å². The van der Waals surface area contributed by atoms with Crippen LogP contribution in [0.25, 0.3) is 64.3 Å². The molecular formula is C46H27NOS. The topological polar surface area (TPSA) is 22.1 Å². The fourth-order valence-corrected chi connectivity index (χ4v) is 9.83. The summed E-state index contributed by atoms with van der Waals surface area (Å²) >= 11 is 1.88. The van der Waals surface area contributed by atoms with E-state index in [1.54, 1.807) is 0 Å². The third kappa shape index (κ3) is 3.63. The minimum Gasteiger partial charge on any atom is -0.455 e. The van der Waals surface area contributed by atoms with E-state index >= 15 is 0 Å². The zero-order valence-electron chi connectivity index (χ0n) is 26.4. The lowest BCUT2D eigenvalue weighted by atomic mass is 9.66. The first kappa shape index (κ1) is 27.0. The van der Waals surface area contributed by atoms with Crippen molar-refractivity contribution in [3.63, 3.8) is 0 Å². The van der Waals surface area contributed by atoms with E-state index in [-0.39, 0.29) is 0 Å². The SMILES string of the molecule is c1cc(-c2ccc3c(c2)C2(c4ccncc4O3)c3ccccc3-c3c2ccc2ccccc32)cc(-c2cccc3c2sc2ccccc23)c1. The molecule has 1 spiro atoms. The van der Waals surface area contributed by atoms with Crippen molar-refractivity contribution >= 4 is 42.3 Å². The van der Waals surface area contributed by atoms with Crippen LogP contribution in [0.3, 0.4) is 0 Å². The summed E-state index contributed by atoms with van der Waals surface area (Å²) in [5.41, 5.74) is 11.7. The zero-order chi connectivity index (χ0) is 32.1. The summed E-state index contributed by atoms with van der Waals surface area (Å²) in [4.78, 5) is 4.50. The van der Waals surface area contributed by atoms with Gasteiger partial charge in [-0.15, -0.1) is 11.3 Å². The second kappa shape index (κ2) is 9.99. The van der Waals surface area contributed by atoms with Crippen LogP contribution >= 0.6 is 11.3 Å². The van der Waals surface area contributed by atoms with Gasteiger partial charge in [-0.1, -0.05) is 121 Å². The molecule has 0 saturated carbocycles. The number of pyridine rings is 1. The second-order valence-electron chi connectivity index (χ2n) is 13.1. The van der Waals surface area contributed by atoms with Gasteiger partial charge in [0.05, 0.1) is 11.6 Å². The molecule has 1 aliphatic heterocycles. The van der Waals surface area contributed by atoms with Gasteiger partial charge >= 0.3 is 0 Å². The van der Waals surface area contributed by atoms with Gasteiger partial charge in [0.15, 0.2) is 5.75 Å². The van der Waals surface area contributed by atoms with E-state index in [0.717, 1.165) is 28.2 Å². The van der Waals surface area contributed by atoms with Gasteiger partial charge in [-0.05, 0) is 85.6 Å². The maximum atomic E-state index is 6.68. The lowest BCUT2D eigenvalue weighted by molar-refractivity contribution is 0.434. The quantitative estimate of drug-likeness (QED) is 0.187. The minimum absolute atomic E-state index is 0.557. The van der Waals surface area contributed by atoms with E-state index in [0.29, 0.717) is 0 Å². The van der Waals surface area contributed by atoms with Gasteiger partial charge in [0.1, 0.15) is 5.75 Å². The summed E-state index contributed by atoms with van der Waals surface area (Å²) in [6.07, 6.45) is 3.77. The molecule has 2 nitrogen and oxygen atoms in total. The number of thiophene rings is 1. The maximum Gasteiger partial charge on any atom is 0.150 e.